The van der Waals surface area contributed by atoms with Crippen molar-refractivity contribution in [1.29, 1.82) is 0 Å². The van der Waals surface area contributed by atoms with Gasteiger partial charge in [0.2, 0.25) is 0 Å². The van der Waals surface area contributed by atoms with E-state index in [4.69, 9.17) is 15.2 Å². The van der Waals surface area contributed by atoms with E-state index in [2.05, 4.69) is 38.8 Å². The second-order valence-electron chi connectivity index (χ2n) is 8.01. The first-order valence-corrected chi connectivity index (χ1v) is 11.0. The highest BCUT2D eigenvalue weighted by atomic mass is 16.5. The molecule has 2 N–H and O–H groups in total. The first-order chi connectivity index (χ1) is 16.2. The number of hydrogen-bond acceptors (Lipinski definition) is 5. The molecule has 0 aliphatic rings. The summed E-state index contributed by atoms with van der Waals surface area (Å²) in [5.74, 6) is 1.16. The van der Waals surface area contributed by atoms with E-state index in [1.54, 1.807) is 7.11 Å². The van der Waals surface area contributed by atoms with E-state index in [0.29, 0.717) is 24.5 Å². The minimum absolute atomic E-state index is 0.0650. The zero-order valence-electron chi connectivity index (χ0n) is 18.5. The summed E-state index contributed by atoms with van der Waals surface area (Å²) in [5, 5.41) is 0.988. The van der Waals surface area contributed by atoms with Crippen molar-refractivity contribution in [2.45, 2.75) is 19.1 Å². The number of ether oxygens (including phenoxy) is 2. The molecule has 5 rings (SSSR count). The van der Waals surface area contributed by atoms with Crippen molar-refractivity contribution in [2.24, 2.45) is 0 Å². The van der Waals surface area contributed by atoms with Gasteiger partial charge >= 0.3 is 0 Å². The van der Waals surface area contributed by atoms with Gasteiger partial charge in [-0.2, -0.15) is 0 Å². The lowest BCUT2D eigenvalue weighted by Crippen LogP contribution is -2.12. The van der Waals surface area contributed by atoms with Crippen molar-refractivity contribution in [3.8, 4) is 5.75 Å². The van der Waals surface area contributed by atoms with Crippen LogP contribution in [0.1, 0.15) is 23.6 Å². The summed E-state index contributed by atoms with van der Waals surface area (Å²) in [5.41, 5.74) is 11.1. The smallest absolute Gasteiger partial charge is 0.152 e. The summed E-state index contributed by atoms with van der Waals surface area (Å²) < 4.78 is 13.6. The number of nitrogens with two attached hydrogens (primary N) is 1. The molecule has 0 saturated carbocycles. The molecule has 2 aromatic heterocycles. The number of nitrogen functional groups attached to an aromatic ring is 1. The number of benzene rings is 3. The number of fused-ring (bicyclic) bond motifs is 3. The SMILES string of the molecule is COCCC(c1ccccc1)n1cnc2c(N)nc3cc(OCc4ccccc4)ccc3c21. The van der Waals surface area contributed by atoms with E-state index in [0.717, 1.165) is 34.2 Å². The Hall–Kier alpha value is -3.90. The molecule has 0 radical (unpaired) electrons. The maximum atomic E-state index is 6.34. The van der Waals surface area contributed by atoms with Crippen molar-refractivity contribution < 1.29 is 9.47 Å². The molecule has 6 nitrogen and oxygen atoms in total. The molecule has 0 aliphatic heterocycles. The molecule has 0 spiro atoms. The monoisotopic (exact) mass is 438 g/mol. The highest BCUT2D eigenvalue weighted by Crippen LogP contribution is 2.34. The van der Waals surface area contributed by atoms with E-state index in [-0.39, 0.29) is 6.04 Å². The van der Waals surface area contributed by atoms with E-state index in [1.165, 1.54) is 5.56 Å². The van der Waals surface area contributed by atoms with E-state index >= 15 is 0 Å². The number of imidazole rings is 1. The van der Waals surface area contributed by atoms with Gasteiger partial charge in [0.05, 0.1) is 23.4 Å². The van der Waals surface area contributed by atoms with Crippen LogP contribution < -0.4 is 10.5 Å². The van der Waals surface area contributed by atoms with Crippen LogP contribution in [0.2, 0.25) is 0 Å². The van der Waals surface area contributed by atoms with Crippen molar-refractivity contribution in [1.82, 2.24) is 14.5 Å². The van der Waals surface area contributed by atoms with Gasteiger partial charge in [-0.1, -0.05) is 60.7 Å². The molecule has 0 bridgehead atoms. The van der Waals surface area contributed by atoms with Crippen LogP contribution in [-0.2, 0) is 11.3 Å². The number of aromatic nitrogens is 3. The van der Waals surface area contributed by atoms with Crippen molar-refractivity contribution in [3.63, 3.8) is 0 Å². The van der Waals surface area contributed by atoms with Gasteiger partial charge in [0.25, 0.3) is 0 Å². The molecular formula is C27H26N4O2. The Balaban J connectivity index is 1.57. The summed E-state index contributed by atoms with van der Waals surface area (Å²) >= 11 is 0. The molecule has 6 heteroatoms. The first-order valence-electron chi connectivity index (χ1n) is 11.0. The third-order valence-electron chi connectivity index (χ3n) is 5.87. The topological polar surface area (TPSA) is 75.2 Å². The Morgan fingerprint density at radius 2 is 1.73 bits per heavy atom. The van der Waals surface area contributed by atoms with E-state index in [1.807, 2.05) is 60.9 Å². The maximum Gasteiger partial charge on any atom is 0.152 e. The molecule has 0 aliphatic carbocycles. The average Bonchev–Trinajstić information content (AvgIpc) is 3.30. The fraction of sp³-hybridized carbons (Fsp3) is 0.185. The van der Waals surface area contributed by atoms with Gasteiger partial charge in [-0.25, -0.2) is 9.97 Å². The predicted molar refractivity (Wildman–Crippen MR) is 131 cm³/mol. The molecule has 166 valence electrons. The number of pyridine rings is 1. The zero-order chi connectivity index (χ0) is 22.6. The van der Waals surface area contributed by atoms with Crippen LogP contribution in [0, 0.1) is 0 Å². The Bertz CT molecular complexity index is 1370. The number of methoxy groups -OCH3 is 1. The molecular weight excluding hydrogens is 412 g/mol. The summed E-state index contributed by atoms with van der Waals surface area (Å²) in [4.78, 5) is 9.25. The van der Waals surface area contributed by atoms with Crippen molar-refractivity contribution in [2.75, 3.05) is 19.5 Å². The molecule has 3 aromatic carbocycles. The number of rotatable bonds is 8. The lowest BCUT2D eigenvalue weighted by molar-refractivity contribution is 0.184. The molecule has 0 fully saturated rings. The highest BCUT2D eigenvalue weighted by Gasteiger charge is 2.20. The number of hydrogen-bond donors (Lipinski definition) is 1. The van der Waals surface area contributed by atoms with Crippen molar-refractivity contribution >= 4 is 27.8 Å². The van der Waals surface area contributed by atoms with Gasteiger partial charge in [0, 0.05) is 25.2 Å². The van der Waals surface area contributed by atoms with Gasteiger partial charge in [0.1, 0.15) is 17.9 Å². The molecule has 1 atom stereocenters. The van der Waals surface area contributed by atoms with E-state index in [9.17, 15) is 0 Å². The second-order valence-corrected chi connectivity index (χ2v) is 8.01. The van der Waals surface area contributed by atoms with Gasteiger partial charge in [-0.3, -0.25) is 0 Å². The third kappa shape index (κ3) is 4.25. The normalized spacial score (nSPS) is 12.3. The average molecular weight is 439 g/mol. The predicted octanol–water partition coefficient (Wildman–Crippen LogP) is 5.37. The fourth-order valence-electron chi connectivity index (χ4n) is 4.24. The quantitative estimate of drug-likeness (QED) is 0.352. The molecule has 1 unspecified atom stereocenters. The van der Waals surface area contributed by atoms with Crippen LogP contribution in [0.5, 0.6) is 5.75 Å². The van der Waals surface area contributed by atoms with Crippen LogP contribution in [-0.4, -0.2) is 28.3 Å². The van der Waals surface area contributed by atoms with Gasteiger partial charge < -0.3 is 19.8 Å². The summed E-state index contributed by atoms with van der Waals surface area (Å²) in [6.45, 7) is 1.13. The Morgan fingerprint density at radius 3 is 2.48 bits per heavy atom. The van der Waals surface area contributed by atoms with E-state index < -0.39 is 0 Å². The molecule has 33 heavy (non-hydrogen) atoms. The largest absolute Gasteiger partial charge is 0.489 e. The highest BCUT2D eigenvalue weighted by molar-refractivity contribution is 6.06. The van der Waals surface area contributed by atoms with Crippen LogP contribution in [0.4, 0.5) is 5.82 Å². The fourth-order valence-corrected chi connectivity index (χ4v) is 4.24. The Morgan fingerprint density at radius 1 is 0.970 bits per heavy atom. The summed E-state index contributed by atoms with van der Waals surface area (Å²) in [6.07, 6.45) is 2.67. The Kier molecular flexibility index (Phi) is 5.91. The summed E-state index contributed by atoms with van der Waals surface area (Å²) in [7, 11) is 1.72. The van der Waals surface area contributed by atoms with Gasteiger partial charge in [-0.05, 0) is 29.7 Å². The molecule has 0 saturated heterocycles. The lowest BCUT2D eigenvalue weighted by Gasteiger charge is -2.20. The Labute approximate surface area is 192 Å². The maximum absolute atomic E-state index is 6.34. The minimum Gasteiger partial charge on any atom is -0.489 e. The van der Waals surface area contributed by atoms with Crippen LogP contribution in [0.3, 0.4) is 0 Å². The molecule has 5 aromatic rings. The van der Waals surface area contributed by atoms with Crippen molar-refractivity contribution in [3.05, 3.63) is 96.3 Å². The van der Waals surface area contributed by atoms with Crippen LogP contribution in [0.25, 0.3) is 21.9 Å². The van der Waals surface area contributed by atoms with Crippen LogP contribution in [0.15, 0.2) is 85.2 Å². The number of anilines is 1. The third-order valence-corrected chi connectivity index (χ3v) is 5.87. The molecule has 0 amide bonds. The van der Waals surface area contributed by atoms with Crippen LogP contribution >= 0.6 is 0 Å². The van der Waals surface area contributed by atoms with Gasteiger partial charge in [-0.15, -0.1) is 0 Å². The first kappa shape index (κ1) is 21.0. The standard InChI is InChI=1S/C27H26N4O2/c1-32-15-14-24(20-10-6-3-7-11-20)31-18-29-25-26(31)22-13-12-21(16-23(22)30-27(25)28)33-17-19-8-4-2-5-9-19/h2-13,16,18,24H,14-15,17H2,1H3,(H2,28,30). The van der Waals surface area contributed by atoms with Gasteiger partial charge in [0.15, 0.2) is 5.82 Å². The molecule has 2 heterocycles. The summed E-state index contributed by atoms with van der Waals surface area (Å²) in [6, 6.07) is 26.5. The minimum atomic E-state index is 0.0650. The lowest BCUT2D eigenvalue weighted by atomic mass is 10.0. The second kappa shape index (κ2) is 9.30. The zero-order valence-corrected chi connectivity index (χ0v) is 18.5. The number of nitrogens with zero attached hydrogens (tertiary/aromatic N) is 3.